The fourth-order valence-electron chi connectivity index (χ4n) is 11.8. The van der Waals surface area contributed by atoms with Gasteiger partial charge < -0.3 is 44.1 Å². The second-order valence-corrected chi connectivity index (χ2v) is 23.1. The molecule has 4 aliphatic heterocycles. The number of amides is 2. The number of aliphatic hydroxyl groups excluding tert-OH is 1. The van der Waals surface area contributed by atoms with E-state index >= 15 is 0 Å². The lowest BCUT2D eigenvalue weighted by Crippen LogP contribution is -2.61. The second-order valence-electron chi connectivity index (χ2n) is 23.1. The maximum atomic E-state index is 14.7. The van der Waals surface area contributed by atoms with Gasteiger partial charge in [-0.25, -0.2) is 9.59 Å². The van der Waals surface area contributed by atoms with E-state index in [1.54, 1.807) is 18.7 Å². The SMILES string of the molecule is CCC1CCC(C)C(O)(CC(=O)N2CCC(CC(C)C3CCC(C)C(O)(C(=O)C(=O)N4CCCCC4C(=O)OC(/C(C)=C/C(C)C(C)O)C(C)C)O3)CC2C(=O)OC(C(C)C)C(CC)Cc2ccccc2)O1. The van der Waals surface area contributed by atoms with Crippen molar-refractivity contribution in [3.8, 4) is 0 Å². The first-order chi connectivity index (χ1) is 33.9. The van der Waals surface area contributed by atoms with Crippen molar-refractivity contribution < 1.29 is 58.2 Å². The number of carbonyl (C=O) groups is 5. The number of nitrogens with zero attached hydrogens (tertiary/aromatic N) is 2. The van der Waals surface area contributed by atoms with Crippen LogP contribution in [0.1, 0.15) is 172 Å². The molecule has 4 aliphatic rings. The average molecular weight is 1010 g/mol. The molecule has 0 bridgehead atoms. The van der Waals surface area contributed by atoms with Crippen molar-refractivity contribution in [2.45, 2.75) is 227 Å². The van der Waals surface area contributed by atoms with E-state index in [4.69, 9.17) is 18.9 Å². The molecule has 0 spiro atoms. The molecule has 15 atom stereocenters. The maximum absolute atomic E-state index is 14.7. The zero-order valence-electron chi connectivity index (χ0n) is 45.8. The predicted molar refractivity (Wildman–Crippen MR) is 276 cm³/mol. The summed E-state index contributed by atoms with van der Waals surface area (Å²) in [5.74, 6) is -9.13. The minimum Gasteiger partial charge on any atom is -0.460 e. The second kappa shape index (κ2) is 26.2. The molecule has 0 radical (unpaired) electrons. The van der Waals surface area contributed by atoms with Crippen molar-refractivity contribution in [2.24, 2.45) is 47.3 Å². The summed E-state index contributed by atoms with van der Waals surface area (Å²) in [4.78, 5) is 74.5. The Morgan fingerprint density at radius 1 is 0.792 bits per heavy atom. The van der Waals surface area contributed by atoms with Gasteiger partial charge >= 0.3 is 11.9 Å². The third kappa shape index (κ3) is 14.6. The molecule has 15 unspecified atom stereocenters. The molecule has 3 N–H and O–H groups in total. The maximum Gasteiger partial charge on any atom is 0.329 e. The molecule has 4 fully saturated rings. The van der Waals surface area contributed by atoms with E-state index in [-0.39, 0.29) is 72.9 Å². The number of likely N-dealkylation sites (tertiary alicyclic amines) is 2. The molecular weight excluding hydrogens is 917 g/mol. The van der Waals surface area contributed by atoms with Crippen molar-refractivity contribution in [3.63, 3.8) is 0 Å². The van der Waals surface area contributed by atoms with Gasteiger partial charge in [-0.2, -0.15) is 0 Å². The Bertz CT molecular complexity index is 1990. The highest BCUT2D eigenvalue weighted by atomic mass is 16.6. The number of esters is 2. The molecule has 0 aliphatic carbocycles. The van der Waals surface area contributed by atoms with Crippen molar-refractivity contribution in [1.29, 1.82) is 0 Å². The molecule has 0 saturated carbocycles. The Morgan fingerprint density at radius 2 is 1.46 bits per heavy atom. The quantitative estimate of drug-likeness (QED) is 0.0604. The van der Waals surface area contributed by atoms with Crippen LogP contribution in [0.3, 0.4) is 0 Å². The topological polar surface area (TPSA) is 189 Å². The Morgan fingerprint density at radius 3 is 2.08 bits per heavy atom. The van der Waals surface area contributed by atoms with E-state index in [2.05, 4.69) is 32.9 Å². The van der Waals surface area contributed by atoms with Crippen LogP contribution in [0.5, 0.6) is 0 Å². The van der Waals surface area contributed by atoms with Gasteiger partial charge in [-0.15, -0.1) is 0 Å². The number of ketones is 1. The zero-order chi connectivity index (χ0) is 53.2. The summed E-state index contributed by atoms with van der Waals surface area (Å²) in [7, 11) is 0. The normalized spacial score (nSPS) is 31.0. The number of Topliss-reactive ketones (excluding diaryl/α,β-unsaturated/α-hetero) is 1. The number of piperidine rings is 2. The van der Waals surface area contributed by atoms with Crippen LogP contribution in [-0.2, 0) is 49.3 Å². The van der Waals surface area contributed by atoms with E-state index in [9.17, 15) is 39.3 Å². The van der Waals surface area contributed by atoms with Crippen LogP contribution in [0.4, 0.5) is 0 Å². The molecule has 406 valence electrons. The first kappa shape index (κ1) is 59.2. The highest BCUT2D eigenvalue weighted by Crippen LogP contribution is 2.41. The monoisotopic (exact) mass is 1010 g/mol. The number of benzene rings is 1. The van der Waals surface area contributed by atoms with Crippen molar-refractivity contribution in [1.82, 2.24) is 9.80 Å². The Balaban J connectivity index is 1.32. The predicted octanol–water partition coefficient (Wildman–Crippen LogP) is 8.75. The van der Waals surface area contributed by atoms with E-state index in [0.717, 1.165) is 36.8 Å². The fourth-order valence-corrected chi connectivity index (χ4v) is 11.8. The third-order valence-corrected chi connectivity index (χ3v) is 16.8. The molecule has 14 nitrogen and oxygen atoms in total. The van der Waals surface area contributed by atoms with Gasteiger partial charge in [0, 0.05) is 30.8 Å². The highest BCUT2D eigenvalue weighted by Gasteiger charge is 2.54. The van der Waals surface area contributed by atoms with Gasteiger partial charge in [-0.1, -0.05) is 106 Å². The molecule has 0 aromatic heterocycles. The molecular formula is C58H92N2O12. The van der Waals surface area contributed by atoms with Crippen LogP contribution in [0.15, 0.2) is 42.0 Å². The lowest BCUT2D eigenvalue weighted by Gasteiger charge is -2.45. The van der Waals surface area contributed by atoms with Gasteiger partial charge in [0.25, 0.3) is 11.7 Å². The molecule has 2 amide bonds. The van der Waals surface area contributed by atoms with E-state index in [1.807, 2.05) is 72.7 Å². The molecule has 14 heteroatoms. The lowest BCUT2D eigenvalue weighted by molar-refractivity contribution is -0.281. The van der Waals surface area contributed by atoms with Gasteiger partial charge in [0.1, 0.15) is 24.3 Å². The summed E-state index contributed by atoms with van der Waals surface area (Å²) in [5, 5.41) is 34.1. The largest absolute Gasteiger partial charge is 0.460 e. The molecule has 4 heterocycles. The van der Waals surface area contributed by atoms with Gasteiger partial charge in [-0.3, -0.25) is 14.4 Å². The van der Waals surface area contributed by atoms with E-state index in [1.165, 1.54) is 4.90 Å². The lowest BCUT2D eigenvalue weighted by atomic mass is 9.78. The summed E-state index contributed by atoms with van der Waals surface area (Å²) in [5.41, 5.74) is 1.94. The smallest absolute Gasteiger partial charge is 0.329 e. The first-order valence-corrected chi connectivity index (χ1v) is 27.7. The van der Waals surface area contributed by atoms with Crippen molar-refractivity contribution in [2.75, 3.05) is 13.1 Å². The number of aliphatic hydroxyl groups is 3. The number of ether oxygens (including phenoxy) is 4. The number of hydrogen-bond acceptors (Lipinski definition) is 12. The first-order valence-electron chi connectivity index (χ1n) is 27.7. The molecule has 5 rings (SSSR count). The third-order valence-electron chi connectivity index (χ3n) is 16.8. The summed E-state index contributed by atoms with van der Waals surface area (Å²) in [6, 6.07) is 8.22. The van der Waals surface area contributed by atoms with Gasteiger partial charge in [-0.05, 0) is 138 Å². The molecule has 72 heavy (non-hydrogen) atoms. The van der Waals surface area contributed by atoms with Crippen LogP contribution < -0.4 is 0 Å². The molecule has 1 aromatic carbocycles. The zero-order valence-corrected chi connectivity index (χ0v) is 45.8. The average Bonchev–Trinajstić information content (AvgIpc) is 3.35. The highest BCUT2D eigenvalue weighted by molar-refractivity contribution is 6.39. The standard InChI is InChI=1S/C58H92N2O12/c1-13-45(32-43-20-16-15-17-21-43)52(36(5)6)70-56(66)48-33-44(27-29-59(48)50(62)34-57(67)40(10)23-25-46(14-2)71-57)31-38(8)49-26-24-41(11)58(68,72-49)53(63)54(64)60-28-19-18-22-47(60)55(65)69-51(35(3)4)39(9)30-37(7)42(12)61/h15-17,20-21,30,35-38,40-42,44-49,51-52,61,67-68H,13-14,18-19,22-29,31-34H2,1-12H3/b39-30+. The summed E-state index contributed by atoms with van der Waals surface area (Å²) in [6.07, 6.45) is 6.88. The summed E-state index contributed by atoms with van der Waals surface area (Å²) in [6.45, 7) is 23.5. The van der Waals surface area contributed by atoms with Crippen LogP contribution in [0.2, 0.25) is 0 Å². The van der Waals surface area contributed by atoms with Crippen molar-refractivity contribution in [3.05, 3.63) is 47.5 Å². The van der Waals surface area contributed by atoms with Gasteiger partial charge in [0.15, 0.2) is 5.79 Å². The van der Waals surface area contributed by atoms with Crippen LogP contribution in [-0.4, -0.2) is 122 Å². The minimum atomic E-state index is -2.43. The molecule has 1 aromatic rings. The van der Waals surface area contributed by atoms with Gasteiger partial charge in [0.05, 0.1) is 24.7 Å². The fraction of sp³-hybridized carbons (Fsp3) is 0.776. The molecule has 4 saturated heterocycles. The summed E-state index contributed by atoms with van der Waals surface area (Å²) >= 11 is 0. The Hall–Kier alpha value is -3.69. The van der Waals surface area contributed by atoms with Crippen LogP contribution in [0, 0.1) is 47.3 Å². The minimum absolute atomic E-state index is 0.00278. The van der Waals surface area contributed by atoms with Gasteiger partial charge in [0.2, 0.25) is 11.7 Å². The van der Waals surface area contributed by atoms with Crippen LogP contribution in [0.25, 0.3) is 0 Å². The van der Waals surface area contributed by atoms with Crippen molar-refractivity contribution >= 4 is 29.5 Å². The van der Waals surface area contributed by atoms with Crippen LogP contribution >= 0.6 is 0 Å². The summed E-state index contributed by atoms with van der Waals surface area (Å²) < 4.78 is 25.1. The van der Waals surface area contributed by atoms with E-state index < -0.39 is 77.6 Å². The number of hydrogen-bond donors (Lipinski definition) is 3. The van der Waals surface area contributed by atoms with E-state index in [0.29, 0.717) is 57.8 Å². The Kier molecular flexibility index (Phi) is 21.5. The number of rotatable bonds is 21. The Labute approximate surface area is 431 Å². The number of carbonyl (C=O) groups excluding carboxylic acids is 5.